The number of nitrogens with one attached hydrogen (secondary N) is 1. The van der Waals surface area contributed by atoms with E-state index in [1.165, 1.54) is 11.1 Å². The third-order valence-electron chi connectivity index (χ3n) is 4.52. The van der Waals surface area contributed by atoms with Gasteiger partial charge in [0, 0.05) is 19.1 Å². The van der Waals surface area contributed by atoms with Gasteiger partial charge in [-0.1, -0.05) is 42.5 Å². The van der Waals surface area contributed by atoms with Gasteiger partial charge in [-0.25, -0.2) is 13.1 Å². The van der Waals surface area contributed by atoms with Gasteiger partial charge in [0.15, 0.2) is 0 Å². The van der Waals surface area contributed by atoms with Gasteiger partial charge in [-0.15, -0.1) is 0 Å². The second-order valence-corrected chi connectivity index (χ2v) is 8.30. The standard InChI is InChI=1S/C19H24N2O3S/c1-21-15-17-8-6-5-7-16(17)13-18(21)14-20-25(22,23)12-11-24-19-9-3-2-4-10-19/h2-10,18,20H,11-15H2,1H3. The fourth-order valence-electron chi connectivity index (χ4n) is 3.03. The molecule has 134 valence electrons. The summed E-state index contributed by atoms with van der Waals surface area (Å²) in [6, 6.07) is 17.7. The minimum Gasteiger partial charge on any atom is -0.492 e. The highest BCUT2D eigenvalue weighted by atomic mass is 32.2. The average molecular weight is 360 g/mol. The molecule has 0 saturated heterocycles. The maximum absolute atomic E-state index is 12.2. The van der Waals surface area contributed by atoms with E-state index >= 15 is 0 Å². The van der Waals surface area contributed by atoms with Crippen molar-refractivity contribution in [3.05, 3.63) is 65.7 Å². The Bertz CT molecular complexity index is 793. The molecule has 1 heterocycles. The number of ether oxygens (including phenoxy) is 1. The van der Waals surface area contributed by atoms with Gasteiger partial charge >= 0.3 is 0 Å². The number of sulfonamides is 1. The number of fused-ring (bicyclic) bond motifs is 1. The molecule has 0 fully saturated rings. The molecule has 5 nitrogen and oxygen atoms in total. The zero-order valence-corrected chi connectivity index (χ0v) is 15.2. The molecule has 1 atom stereocenters. The smallest absolute Gasteiger partial charge is 0.215 e. The van der Waals surface area contributed by atoms with Crippen LogP contribution in [0.5, 0.6) is 5.75 Å². The Kier molecular flexibility index (Phi) is 5.73. The van der Waals surface area contributed by atoms with Crippen molar-refractivity contribution in [2.24, 2.45) is 0 Å². The van der Waals surface area contributed by atoms with Crippen molar-refractivity contribution in [3.63, 3.8) is 0 Å². The van der Waals surface area contributed by atoms with Crippen LogP contribution in [0.1, 0.15) is 11.1 Å². The quantitative estimate of drug-likeness (QED) is 0.821. The summed E-state index contributed by atoms with van der Waals surface area (Å²) >= 11 is 0. The molecule has 0 bridgehead atoms. The van der Waals surface area contributed by atoms with Gasteiger partial charge in [0.2, 0.25) is 10.0 Å². The molecule has 1 N–H and O–H groups in total. The summed E-state index contributed by atoms with van der Waals surface area (Å²) in [5, 5.41) is 0. The number of hydrogen-bond acceptors (Lipinski definition) is 4. The second kappa shape index (κ2) is 7.99. The molecule has 3 rings (SSSR count). The third kappa shape index (κ3) is 5.04. The van der Waals surface area contributed by atoms with Gasteiger partial charge in [-0.2, -0.15) is 0 Å². The van der Waals surface area contributed by atoms with E-state index in [9.17, 15) is 8.42 Å². The van der Waals surface area contributed by atoms with Gasteiger partial charge in [0.05, 0.1) is 5.75 Å². The predicted molar refractivity (Wildman–Crippen MR) is 99.1 cm³/mol. The first kappa shape index (κ1) is 17.9. The lowest BCUT2D eigenvalue weighted by atomic mass is 9.95. The van der Waals surface area contributed by atoms with E-state index in [0.29, 0.717) is 12.3 Å². The Labute approximate surface area is 149 Å². The maximum Gasteiger partial charge on any atom is 0.215 e. The van der Waals surface area contributed by atoms with E-state index in [2.05, 4.69) is 21.8 Å². The average Bonchev–Trinajstić information content (AvgIpc) is 2.61. The van der Waals surface area contributed by atoms with Crippen LogP contribution >= 0.6 is 0 Å². The van der Waals surface area contributed by atoms with Crippen LogP contribution in [-0.2, 0) is 23.0 Å². The van der Waals surface area contributed by atoms with Crippen molar-refractivity contribution < 1.29 is 13.2 Å². The molecule has 6 heteroatoms. The molecule has 1 unspecified atom stereocenters. The molecule has 1 aliphatic rings. The fourth-order valence-corrected chi connectivity index (χ4v) is 3.92. The number of hydrogen-bond donors (Lipinski definition) is 1. The molecule has 1 aliphatic heterocycles. The number of rotatable bonds is 7. The lowest BCUT2D eigenvalue weighted by molar-refractivity contribution is 0.216. The third-order valence-corrected chi connectivity index (χ3v) is 5.83. The topological polar surface area (TPSA) is 58.6 Å². The molecule has 0 amide bonds. The molecule has 0 saturated carbocycles. The molecule has 0 spiro atoms. The maximum atomic E-state index is 12.2. The first-order chi connectivity index (χ1) is 12.0. The van der Waals surface area contributed by atoms with E-state index in [0.717, 1.165) is 13.0 Å². The van der Waals surface area contributed by atoms with Crippen molar-refractivity contribution in [1.29, 1.82) is 0 Å². The Balaban J connectivity index is 1.49. The highest BCUT2D eigenvalue weighted by Crippen LogP contribution is 2.21. The lowest BCUT2D eigenvalue weighted by Gasteiger charge is -2.34. The largest absolute Gasteiger partial charge is 0.492 e. The van der Waals surface area contributed by atoms with Gasteiger partial charge in [0.1, 0.15) is 12.4 Å². The van der Waals surface area contributed by atoms with Crippen LogP contribution in [0.3, 0.4) is 0 Å². The van der Waals surface area contributed by atoms with E-state index in [-0.39, 0.29) is 18.4 Å². The normalized spacial score (nSPS) is 17.9. The molecule has 2 aromatic carbocycles. The number of nitrogens with zero attached hydrogens (tertiary/aromatic N) is 1. The monoisotopic (exact) mass is 360 g/mol. The Morgan fingerprint density at radius 3 is 2.52 bits per heavy atom. The van der Waals surface area contributed by atoms with Gasteiger partial charge < -0.3 is 4.74 Å². The molecule has 25 heavy (non-hydrogen) atoms. The minimum absolute atomic E-state index is 0.0467. The fraction of sp³-hybridized carbons (Fsp3) is 0.368. The molecular weight excluding hydrogens is 336 g/mol. The van der Waals surface area contributed by atoms with Crippen molar-refractivity contribution in [2.45, 2.75) is 19.0 Å². The summed E-state index contributed by atoms with van der Waals surface area (Å²) in [6.45, 7) is 1.40. The predicted octanol–water partition coefficient (Wildman–Crippen LogP) is 2.04. The zero-order valence-electron chi connectivity index (χ0n) is 14.4. The van der Waals surface area contributed by atoms with E-state index in [1.54, 1.807) is 0 Å². The SMILES string of the molecule is CN1Cc2ccccc2CC1CNS(=O)(=O)CCOc1ccccc1. The Morgan fingerprint density at radius 2 is 1.76 bits per heavy atom. The molecule has 2 aromatic rings. The number of likely N-dealkylation sites (N-methyl/N-ethyl adjacent to an activating group) is 1. The van der Waals surface area contributed by atoms with Gasteiger partial charge in [0.25, 0.3) is 0 Å². The summed E-state index contributed by atoms with van der Waals surface area (Å²) < 4.78 is 32.6. The van der Waals surface area contributed by atoms with Gasteiger partial charge in [-0.3, -0.25) is 4.90 Å². The van der Waals surface area contributed by atoms with E-state index in [1.807, 2.05) is 49.5 Å². The number of benzene rings is 2. The Morgan fingerprint density at radius 1 is 1.08 bits per heavy atom. The summed E-state index contributed by atoms with van der Waals surface area (Å²) in [5.74, 6) is 0.635. The van der Waals surface area contributed by atoms with Gasteiger partial charge in [-0.05, 0) is 36.7 Å². The first-order valence-electron chi connectivity index (χ1n) is 8.46. The highest BCUT2D eigenvalue weighted by molar-refractivity contribution is 7.89. The summed E-state index contributed by atoms with van der Waals surface area (Å²) in [6.07, 6.45) is 0.857. The second-order valence-electron chi connectivity index (χ2n) is 6.37. The van der Waals surface area contributed by atoms with Crippen molar-refractivity contribution >= 4 is 10.0 Å². The molecule has 0 aromatic heterocycles. The van der Waals surface area contributed by atoms with Crippen molar-refractivity contribution in [1.82, 2.24) is 9.62 Å². The van der Waals surface area contributed by atoms with E-state index in [4.69, 9.17) is 4.74 Å². The van der Waals surface area contributed by atoms with E-state index < -0.39 is 10.0 Å². The molecule has 0 aliphatic carbocycles. The Hall–Kier alpha value is -1.89. The highest BCUT2D eigenvalue weighted by Gasteiger charge is 2.24. The number of para-hydroxylation sites is 1. The summed E-state index contributed by atoms with van der Waals surface area (Å²) in [4.78, 5) is 2.20. The van der Waals surface area contributed by atoms with Crippen LogP contribution in [0.25, 0.3) is 0 Å². The van der Waals surface area contributed by atoms with Crippen molar-refractivity contribution in [3.8, 4) is 5.75 Å². The lowest BCUT2D eigenvalue weighted by Crippen LogP contribution is -2.46. The van der Waals surface area contributed by atoms with Crippen LogP contribution in [0.2, 0.25) is 0 Å². The van der Waals surface area contributed by atoms with Crippen LogP contribution in [0.4, 0.5) is 0 Å². The summed E-state index contributed by atoms with van der Waals surface area (Å²) in [7, 11) is -1.32. The molecule has 0 radical (unpaired) electrons. The van der Waals surface area contributed by atoms with Crippen LogP contribution in [-0.4, -0.2) is 45.3 Å². The van der Waals surface area contributed by atoms with Crippen LogP contribution in [0, 0.1) is 0 Å². The van der Waals surface area contributed by atoms with Crippen LogP contribution < -0.4 is 9.46 Å². The summed E-state index contributed by atoms with van der Waals surface area (Å²) in [5.41, 5.74) is 2.62. The van der Waals surface area contributed by atoms with Crippen LogP contribution in [0.15, 0.2) is 54.6 Å². The van der Waals surface area contributed by atoms with Crippen molar-refractivity contribution in [2.75, 3.05) is 26.0 Å². The zero-order chi connectivity index (χ0) is 17.7. The molecular formula is C19H24N2O3S. The minimum atomic E-state index is -3.35. The first-order valence-corrected chi connectivity index (χ1v) is 10.1.